The average molecular weight is 590 g/mol. The number of esters is 1. The van der Waals surface area contributed by atoms with Crippen LogP contribution in [0.1, 0.15) is 41.4 Å². The molecule has 3 aromatic carbocycles. The molecule has 210 valence electrons. The van der Waals surface area contributed by atoms with Gasteiger partial charge in [-0.25, -0.2) is 9.48 Å². The van der Waals surface area contributed by atoms with Crippen molar-refractivity contribution in [3.63, 3.8) is 0 Å². The van der Waals surface area contributed by atoms with E-state index >= 15 is 0 Å². The number of rotatable bonds is 9. The largest absolute Gasteiger partial charge is 0.497 e. The van der Waals surface area contributed by atoms with Crippen LogP contribution in [0.3, 0.4) is 0 Å². The minimum atomic E-state index is -0.548. The quantitative estimate of drug-likeness (QED) is 0.172. The minimum absolute atomic E-state index is 0.288. The molecule has 1 aromatic heterocycles. The SMILES string of the molecule is CCOC(=O)c1ccc(NC(=O)C2=C(C)Nc3nc(SCc4ccc(Cl)cc4)nn3[C@@H]2c2ccc(OC)cc2)cc1. The number of nitrogens with one attached hydrogen (secondary N) is 2. The molecule has 41 heavy (non-hydrogen) atoms. The molecule has 0 aliphatic carbocycles. The van der Waals surface area contributed by atoms with Crippen LogP contribution in [-0.2, 0) is 15.3 Å². The lowest BCUT2D eigenvalue weighted by atomic mass is 9.95. The predicted octanol–water partition coefficient (Wildman–Crippen LogP) is 6.34. The van der Waals surface area contributed by atoms with Crippen molar-refractivity contribution in [2.75, 3.05) is 24.4 Å². The standard InChI is InChI=1S/C30H28ClN5O4S/c1-4-40-28(38)21-7-13-23(14-8-21)33-27(37)25-18(2)32-29-34-30(41-17-19-5-11-22(31)12-6-19)35-36(29)26(25)20-9-15-24(39-3)16-10-20/h5-16,26H,4,17H2,1-3H3,(H,33,37)(H,32,34,35)/t26-/m1/s1. The van der Waals surface area contributed by atoms with Crippen molar-refractivity contribution in [2.45, 2.75) is 30.8 Å². The fourth-order valence-corrected chi connectivity index (χ4v) is 5.32. The Hall–Kier alpha value is -4.28. The maximum absolute atomic E-state index is 13.8. The number of hydrogen-bond donors (Lipinski definition) is 2. The highest BCUT2D eigenvalue weighted by atomic mass is 35.5. The number of aromatic nitrogens is 3. The van der Waals surface area contributed by atoms with Crippen LogP contribution in [0.2, 0.25) is 5.02 Å². The monoisotopic (exact) mass is 589 g/mol. The molecular formula is C30H28ClN5O4S. The van der Waals surface area contributed by atoms with E-state index in [1.807, 2.05) is 55.5 Å². The number of halogens is 1. The molecule has 1 atom stereocenters. The van der Waals surface area contributed by atoms with Crippen molar-refractivity contribution in [3.8, 4) is 5.75 Å². The lowest BCUT2D eigenvalue weighted by Crippen LogP contribution is -2.31. The van der Waals surface area contributed by atoms with Gasteiger partial charge in [-0.2, -0.15) is 4.98 Å². The number of methoxy groups -OCH3 is 1. The molecule has 1 aliphatic rings. The first-order valence-corrected chi connectivity index (χ1v) is 14.3. The second kappa shape index (κ2) is 12.5. The number of carbonyl (C=O) groups is 2. The maximum atomic E-state index is 13.8. The molecule has 0 fully saturated rings. The van der Waals surface area contributed by atoms with Crippen LogP contribution in [0.25, 0.3) is 0 Å². The number of benzene rings is 3. The summed E-state index contributed by atoms with van der Waals surface area (Å²) < 4.78 is 12.1. The molecule has 0 bridgehead atoms. The Balaban J connectivity index is 1.43. The Labute approximate surface area is 246 Å². The average Bonchev–Trinajstić information content (AvgIpc) is 3.39. The second-order valence-electron chi connectivity index (χ2n) is 9.17. The first-order valence-electron chi connectivity index (χ1n) is 12.9. The van der Waals surface area contributed by atoms with Crippen LogP contribution >= 0.6 is 23.4 Å². The van der Waals surface area contributed by atoms with Crippen molar-refractivity contribution in [3.05, 3.63) is 106 Å². The van der Waals surface area contributed by atoms with E-state index in [-0.39, 0.29) is 12.5 Å². The number of ether oxygens (including phenoxy) is 2. The summed E-state index contributed by atoms with van der Waals surface area (Å²) in [4.78, 5) is 30.5. The fraction of sp³-hybridized carbons (Fsp3) is 0.200. The summed E-state index contributed by atoms with van der Waals surface area (Å²) >= 11 is 7.51. The van der Waals surface area contributed by atoms with E-state index in [9.17, 15) is 9.59 Å². The van der Waals surface area contributed by atoms with E-state index in [2.05, 4.69) is 10.6 Å². The molecule has 1 amide bonds. The summed E-state index contributed by atoms with van der Waals surface area (Å²) in [7, 11) is 1.61. The molecule has 0 spiro atoms. The Morgan fingerprint density at radius 3 is 2.41 bits per heavy atom. The molecular weight excluding hydrogens is 562 g/mol. The third kappa shape index (κ3) is 6.39. The molecule has 0 saturated carbocycles. The molecule has 0 radical (unpaired) electrons. The summed E-state index contributed by atoms with van der Waals surface area (Å²) in [6.07, 6.45) is 0. The number of anilines is 2. The van der Waals surface area contributed by atoms with Gasteiger partial charge in [0.1, 0.15) is 11.8 Å². The van der Waals surface area contributed by atoms with Gasteiger partial charge in [-0.15, -0.1) is 5.10 Å². The summed E-state index contributed by atoms with van der Waals surface area (Å²) in [5.41, 5.74) is 4.02. The van der Waals surface area contributed by atoms with E-state index in [0.29, 0.717) is 50.2 Å². The normalized spacial score (nSPS) is 14.2. The molecule has 1 aliphatic heterocycles. The molecule has 11 heteroatoms. The summed E-state index contributed by atoms with van der Waals surface area (Å²) in [5.74, 6) is 1.18. The van der Waals surface area contributed by atoms with Crippen LogP contribution in [0, 0.1) is 0 Å². The summed E-state index contributed by atoms with van der Waals surface area (Å²) in [6.45, 7) is 3.88. The highest BCUT2D eigenvalue weighted by Crippen LogP contribution is 2.37. The first-order chi connectivity index (χ1) is 19.9. The second-order valence-corrected chi connectivity index (χ2v) is 10.5. The number of fused-ring (bicyclic) bond motifs is 1. The van der Waals surface area contributed by atoms with Gasteiger partial charge >= 0.3 is 5.97 Å². The topological polar surface area (TPSA) is 107 Å². The lowest BCUT2D eigenvalue weighted by molar-refractivity contribution is -0.113. The van der Waals surface area contributed by atoms with Gasteiger partial charge in [0.25, 0.3) is 5.91 Å². The Kier molecular flexibility index (Phi) is 8.61. The molecule has 2 heterocycles. The first kappa shape index (κ1) is 28.3. The Morgan fingerprint density at radius 1 is 1.05 bits per heavy atom. The Morgan fingerprint density at radius 2 is 1.76 bits per heavy atom. The van der Waals surface area contributed by atoms with Crippen molar-refractivity contribution < 1.29 is 19.1 Å². The molecule has 9 nitrogen and oxygen atoms in total. The van der Waals surface area contributed by atoms with Gasteiger partial charge in [-0.3, -0.25) is 4.79 Å². The summed E-state index contributed by atoms with van der Waals surface area (Å²) in [5, 5.41) is 12.3. The molecule has 0 unspecified atom stereocenters. The third-order valence-corrected chi connectivity index (χ3v) is 7.61. The van der Waals surface area contributed by atoms with E-state index < -0.39 is 12.0 Å². The number of amides is 1. The number of allylic oxidation sites excluding steroid dienone is 1. The van der Waals surface area contributed by atoms with Crippen LogP contribution < -0.4 is 15.4 Å². The molecule has 4 aromatic rings. The van der Waals surface area contributed by atoms with Crippen LogP contribution in [0.4, 0.5) is 11.6 Å². The van der Waals surface area contributed by atoms with Crippen molar-refractivity contribution in [2.24, 2.45) is 0 Å². The van der Waals surface area contributed by atoms with Crippen LogP contribution in [-0.4, -0.2) is 40.4 Å². The zero-order chi connectivity index (χ0) is 28.9. The maximum Gasteiger partial charge on any atom is 0.338 e. The van der Waals surface area contributed by atoms with Crippen LogP contribution in [0.5, 0.6) is 5.75 Å². The van der Waals surface area contributed by atoms with Crippen molar-refractivity contribution in [1.82, 2.24) is 14.8 Å². The molecule has 0 saturated heterocycles. The van der Waals surface area contributed by atoms with Gasteiger partial charge in [-0.1, -0.05) is 47.6 Å². The smallest absolute Gasteiger partial charge is 0.338 e. The number of carbonyl (C=O) groups excluding carboxylic acids is 2. The van der Waals surface area contributed by atoms with E-state index in [1.165, 1.54) is 11.8 Å². The van der Waals surface area contributed by atoms with Gasteiger partial charge in [0.05, 0.1) is 24.9 Å². The fourth-order valence-electron chi connectivity index (χ4n) is 4.41. The summed E-state index contributed by atoms with van der Waals surface area (Å²) in [6, 6.07) is 21.2. The van der Waals surface area contributed by atoms with Gasteiger partial charge < -0.3 is 20.1 Å². The molecule has 5 rings (SSSR count). The van der Waals surface area contributed by atoms with Gasteiger partial charge in [-0.05, 0) is 73.5 Å². The van der Waals surface area contributed by atoms with E-state index in [0.717, 1.165) is 11.1 Å². The van der Waals surface area contributed by atoms with E-state index in [1.54, 1.807) is 43.0 Å². The zero-order valence-corrected chi connectivity index (χ0v) is 24.3. The highest BCUT2D eigenvalue weighted by Gasteiger charge is 2.34. The van der Waals surface area contributed by atoms with Crippen molar-refractivity contribution >= 4 is 46.9 Å². The number of nitrogens with zero attached hydrogens (tertiary/aromatic N) is 3. The van der Waals surface area contributed by atoms with Gasteiger partial charge in [0, 0.05) is 22.2 Å². The highest BCUT2D eigenvalue weighted by molar-refractivity contribution is 7.98. The number of hydrogen-bond acceptors (Lipinski definition) is 8. The third-order valence-electron chi connectivity index (χ3n) is 6.44. The van der Waals surface area contributed by atoms with Gasteiger partial charge in [0.2, 0.25) is 11.1 Å². The molecule has 2 N–H and O–H groups in total. The zero-order valence-electron chi connectivity index (χ0n) is 22.7. The Bertz CT molecular complexity index is 1580. The van der Waals surface area contributed by atoms with Gasteiger partial charge in [0.15, 0.2) is 0 Å². The van der Waals surface area contributed by atoms with Crippen LogP contribution in [0.15, 0.2) is 89.2 Å². The predicted molar refractivity (Wildman–Crippen MR) is 160 cm³/mol. The van der Waals surface area contributed by atoms with Crippen molar-refractivity contribution in [1.29, 1.82) is 0 Å². The number of thioether (sulfide) groups is 1. The minimum Gasteiger partial charge on any atom is -0.497 e. The lowest BCUT2D eigenvalue weighted by Gasteiger charge is -2.28. The van der Waals surface area contributed by atoms with E-state index in [4.69, 9.17) is 31.2 Å².